The molecule has 1 aliphatic heterocycles. The van der Waals surface area contributed by atoms with Gasteiger partial charge in [0, 0.05) is 19.6 Å². The molecule has 0 amide bonds. The van der Waals surface area contributed by atoms with Gasteiger partial charge in [0.05, 0.1) is 17.1 Å². The summed E-state index contributed by atoms with van der Waals surface area (Å²) < 4.78 is 0. The number of hydrogen-bond acceptors (Lipinski definition) is 5. The van der Waals surface area contributed by atoms with Gasteiger partial charge in [-0.3, -0.25) is 10.1 Å². The van der Waals surface area contributed by atoms with Gasteiger partial charge in [-0.2, -0.15) is 0 Å². The average Bonchev–Trinajstić information content (AvgIpc) is 2.76. The predicted octanol–water partition coefficient (Wildman–Crippen LogP) is 3.05. The SMILES string of the molecule is CCCNc1cc([N+](=O)[O-])cc(N2CCC(C)(C)C2)n1. The zero-order valence-corrected chi connectivity index (χ0v) is 12.3. The van der Waals surface area contributed by atoms with Crippen LogP contribution in [-0.4, -0.2) is 29.5 Å². The van der Waals surface area contributed by atoms with Crippen LogP contribution in [0.25, 0.3) is 0 Å². The number of rotatable bonds is 5. The van der Waals surface area contributed by atoms with Crippen molar-refractivity contribution >= 4 is 17.3 Å². The molecular formula is C14H22N4O2. The fraction of sp³-hybridized carbons (Fsp3) is 0.643. The molecule has 2 heterocycles. The Morgan fingerprint density at radius 2 is 2.25 bits per heavy atom. The van der Waals surface area contributed by atoms with E-state index < -0.39 is 0 Å². The van der Waals surface area contributed by atoms with Gasteiger partial charge < -0.3 is 10.2 Å². The molecule has 2 rings (SSSR count). The van der Waals surface area contributed by atoms with Crippen molar-refractivity contribution in [2.24, 2.45) is 5.41 Å². The topological polar surface area (TPSA) is 71.3 Å². The zero-order chi connectivity index (χ0) is 14.8. The third-order valence-corrected chi connectivity index (χ3v) is 3.56. The lowest BCUT2D eigenvalue weighted by Gasteiger charge is -2.21. The van der Waals surface area contributed by atoms with Gasteiger partial charge in [-0.25, -0.2) is 4.98 Å². The van der Waals surface area contributed by atoms with Crippen LogP contribution in [0.5, 0.6) is 0 Å². The van der Waals surface area contributed by atoms with Crippen LogP contribution in [0, 0.1) is 15.5 Å². The van der Waals surface area contributed by atoms with Crippen LogP contribution < -0.4 is 10.2 Å². The van der Waals surface area contributed by atoms with E-state index in [-0.39, 0.29) is 16.0 Å². The third kappa shape index (κ3) is 3.37. The summed E-state index contributed by atoms with van der Waals surface area (Å²) in [5.74, 6) is 1.28. The predicted molar refractivity (Wildman–Crippen MR) is 80.3 cm³/mol. The molecule has 1 fully saturated rings. The number of nitrogens with zero attached hydrogens (tertiary/aromatic N) is 3. The van der Waals surface area contributed by atoms with Gasteiger partial charge in [0.25, 0.3) is 5.69 Å². The van der Waals surface area contributed by atoms with Gasteiger partial charge in [0.2, 0.25) is 0 Å². The highest BCUT2D eigenvalue weighted by molar-refractivity contribution is 5.56. The average molecular weight is 278 g/mol. The van der Waals surface area contributed by atoms with Gasteiger partial charge in [-0.05, 0) is 18.3 Å². The maximum Gasteiger partial charge on any atom is 0.276 e. The molecule has 1 N–H and O–H groups in total. The van der Waals surface area contributed by atoms with E-state index in [0.29, 0.717) is 11.6 Å². The van der Waals surface area contributed by atoms with Gasteiger partial charge in [-0.1, -0.05) is 20.8 Å². The Kier molecular flexibility index (Phi) is 4.11. The van der Waals surface area contributed by atoms with Gasteiger partial charge in [0.1, 0.15) is 11.6 Å². The first-order chi connectivity index (χ1) is 9.41. The minimum Gasteiger partial charge on any atom is -0.370 e. The molecule has 0 bridgehead atoms. The van der Waals surface area contributed by atoms with Crippen molar-refractivity contribution < 1.29 is 4.92 Å². The van der Waals surface area contributed by atoms with Gasteiger partial charge in [-0.15, -0.1) is 0 Å². The summed E-state index contributed by atoms with van der Waals surface area (Å²) in [6.45, 7) is 9.01. The van der Waals surface area contributed by atoms with Crippen LogP contribution in [0.3, 0.4) is 0 Å². The summed E-state index contributed by atoms with van der Waals surface area (Å²) >= 11 is 0. The van der Waals surface area contributed by atoms with Crippen LogP contribution in [0.15, 0.2) is 12.1 Å². The van der Waals surface area contributed by atoms with Crippen molar-refractivity contribution in [1.82, 2.24) is 4.98 Å². The first-order valence-electron chi connectivity index (χ1n) is 7.06. The molecule has 110 valence electrons. The van der Waals surface area contributed by atoms with E-state index in [1.807, 2.05) is 6.92 Å². The summed E-state index contributed by atoms with van der Waals surface area (Å²) in [4.78, 5) is 17.3. The highest BCUT2D eigenvalue weighted by Crippen LogP contribution is 2.33. The molecule has 0 aromatic carbocycles. The van der Waals surface area contributed by atoms with Crippen molar-refractivity contribution in [2.45, 2.75) is 33.6 Å². The van der Waals surface area contributed by atoms with Gasteiger partial charge in [0.15, 0.2) is 0 Å². The molecule has 6 heteroatoms. The molecule has 6 nitrogen and oxygen atoms in total. The van der Waals surface area contributed by atoms with Crippen LogP contribution in [0.1, 0.15) is 33.6 Å². The van der Waals surface area contributed by atoms with Crippen LogP contribution in [0.2, 0.25) is 0 Å². The Balaban J connectivity index is 2.27. The monoisotopic (exact) mass is 278 g/mol. The first kappa shape index (κ1) is 14.6. The highest BCUT2D eigenvalue weighted by Gasteiger charge is 2.30. The largest absolute Gasteiger partial charge is 0.370 e. The Hall–Kier alpha value is -1.85. The molecule has 1 aromatic rings. The molecule has 0 radical (unpaired) electrons. The second kappa shape index (κ2) is 5.64. The van der Waals surface area contributed by atoms with Crippen molar-refractivity contribution in [2.75, 3.05) is 29.9 Å². The lowest BCUT2D eigenvalue weighted by molar-refractivity contribution is -0.384. The molecule has 1 saturated heterocycles. The zero-order valence-electron chi connectivity index (χ0n) is 12.3. The van der Waals surface area contributed by atoms with E-state index in [1.165, 1.54) is 6.07 Å². The molecule has 0 aliphatic carbocycles. The summed E-state index contributed by atoms with van der Waals surface area (Å²) in [5, 5.41) is 14.2. The van der Waals surface area contributed by atoms with E-state index in [9.17, 15) is 10.1 Å². The van der Waals surface area contributed by atoms with E-state index in [4.69, 9.17) is 0 Å². The molecule has 0 atom stereocenters. The Labute approximate surface area is 119 Å². The molecule has 0 unspecified atom stereocenters. The molecular weight excluding hydrogens is 256 g/mol. The van der Waals surface area contributed by atoms with Crippen molar-refractivity contribution in [3.63, 3.8) is 0 Å². The van der Waals surface area contributed by atoms with Crippen LogP contribution in [0.4, 0.5) is 17.3 Å². The fourth-order valence-corrected chi connectivity index (χ4v) is 2.42. The summed E-state index contributed by atoms with van der Waals surface area (Å²) in [6.07, 6.45) is 2.03. The second-order valence-electron chi connectivity index (χ2n) is 6.09. The van der Waals surface area contributed by atoms with Crippen molar-refractivity contribution in [3.05, 3.63) is 22.2 Å². The first-order valence-corrected chi connectivity index (χ1v) is 7.06. The van der Waals surface area contributed by atoms with E-state index in [2.05, 4.69) is 29.0 Å². The lowest BCUT2D eigenvalue weighted by atomic mass is 9.93. The highest BCUT2D eigenvalue weighted by atomic mass is 16.6. The van der Waals surface area contributed by atoms with Crippen molar-refractivity contribution in [3.8, 4) is 0 Å². The number of nitro groups is 1. The maximum atomic E-state index is 11.1. The third-order valence-electron chi connectivity index (χ3n) is 3.56. The smallest absolute Gasteiger partial charge is 0.276 e. The quantitative estimate of drug-likeness (QED) is 0.662. The van der Waals surface area contributed by atoms with Crippen LogP contribution >= 0.6 is 0 Å². The number of aromatic nitrogens is 1. The van der Waals surface area contributed by atoms with Crippen LogP contribution in [-0.2, 0) is 0 Å². The Morgan fingerprint density at radius 3 is 2.80 bits per heavy atom. The van der Waals surface area contributed by atoms with E-state index >= 15 is 0 Å². The van der Waals surface area contributed by atoms with Gasteiger partial charge >= 0.3 is 0 Å². The summed E-state index contributed by atoms with van der Waals surface area (Å²) in [5.41, 5.74) is 0.335. The molecule has 20 heavy (non-hydrogen) atoms. The minimum atomic E-state index is -0.358. The molecule has 0 saturated carbocycles. The standard InChI is InChI=1S/C14H22N4O2/c1-4-6-15-12-8-11(18(19)20)9-13(16-12)17-7-5-14(2,3)10-17/h8-9H,4-7,10H2,1-3H3,(H,15,16). The lowest BCUT2D eigenvalue weighted by Crippen LogP contribution is -2.24. The molecule has 1 aromatic heterocycles. The minimum absolute atomic E-state index is 0.0957. The molecule has 0 spiro atoms. The summed E-state index contributed by atoms with van der Waals surface area (Å²) in [6, 6.07) is 3.07. The number of nitrogens with one attached hydrogen (secondary N) is 1. The van der Waals surface area contributed by atoms with E-state index in [1.54, 1.807) is 6.07 Å². The van der Waals surface area contributed by atoms with Crippen molar-refractivity contribution in [1.29, 1.82) is 0 Å². The number of anilines is 2. The maximum absolute atomic E-state index is 11.1. The Bertz CT molecular complexity index is 502. The van der Waals surface area contributed by atoms with E-state index in [0.717, 1.165) is 32.5 Å². The number of pyridine rings is 1. The normalized spacial score (nSPS) is 17.2. The fourth-order valence-electron chi connectivity index (χ4n) is 2.42. The Morgan fingerprint density at radius 1 is 1.50 bits per heavy atom. The molecule has 1 aliphatic rings. The number of hydrogen-bond donors (Lipinski definition) is 1. The second-order valence-corrected chi connectivity index (χ2v) is 6.09. The summed E-state index contributed by atoms with van der Waals surface area (Å²) in [7, 11) is 0.